The number of hydrogen-bond donors (Lipinski definition) is 1. The molecule has 1 aromatic rings. The number of rotatable bonds is 2. The minimum atomic E-state index is -0.470. The van der Waals surface area contributed by atoms with Gasteiger partial charge in [-0.1, -0.05) is 0 Å². The number of nitrogens with zero attached hydrogens (tertiary/aromatic N) is 2. The van der Waals surface area contributed by atoms with E-state index in [1.54, 1.807) is 13.1 Å². The van der Waals surface area contributed by atoms with Gasteiger partial charge in [0.2, 0.25) is 0 Å². The van der Waals surface area contributed by atoms with Crippen molar-refractivity contribution in [3.05, 3.63) is 33.6 Å². The molecule has 0 aromatic carbocycles. The number of hydrogen-bond acceptors (Lipinski definition) is 4. The average molecular weight is 167 g/mol. The van der Waals surface area contributed by atoms with E-state index < -0.39 is 4.92 Å². The van der Waals surface area contributed by atoms with E-state index in [0.29, 0.717) is 5.69 Å². The summed E-state index contributed by atoms with van der Waals surface area (Å²) in [4.78, 5) is 13.8. The molecule has 0 amide bonds. The van der Waals surface area contributed by atoms with E-state index in [1.807, 2.05) is 0 Å². The second-order valence-corrected chi connectivity index (χ2v) is 2.44. The molecule has 0 atom stereocenters. The molecule has 1 aromatic heterocycles. The molecule has 0 saturated heterocycles. The minimum absolute atomic E-state index is 0.00231. The zero-order valence-corrected chi connectivity index (χ0v) is 6.65. The fourth-order valence-electron chi connectivity index (χ4n) is 0.897. The third kappa shape index (κ3) is 1.57. The SMILES string of the molecule is Cc1cnc(CN)c([N+](=O)[O-])c1. The second-order valence-electron chi connectivity index (χ2n) is 2.44. The first-order valence-corrected chi connectivity index (χ1v) is 3.45. The molecular formula is C7H9N3O2. The zero-order chi connectivity index (χ0) is 9.14. The topological polar surface area (TPSA) is 82.0 Å². The first-order chi connectivity index (χ1) is 5.65. The van der Waals surface area contributed by atoms with Gasteiger partial charge in [-0.25, -0.2) is 0 Å². The van der Waals surface area contributed by atoms with E-state index in [1.165, 1.54) is 6.07 Å². The van der Waals surface area contributed by atoms with Crippen LogP contribution in [0.2, 0.25) is 0 Å². The van der Waals surface area contributed by atoms with E-state index in [4.69, 9.17) is 5.73 Å². The molecular weight excluding hydrogens is 158 g/mol. The van der Waals surface area contributed by atoms with Crippen molar-refractivity contribution >= 4 is 5.69 Å². The van der Waals surface area contributed by atoms with Crippen molar-refractivity contribution < 1.29 is 4.92 Å². The standard InChI is InChI=1S/C7H9N3O2/c1-5-2-7(10(11)12)6(3-8)9-4-5/h2,4H,3,8H2,1H3. The predicted octanol–water partition coefficient (Wildman–Crippen LogP) is 0.757. The Labute approximate surface area is 69.4 Å². The molecule has 0 aliphatic heterocycles. The molecule has 0 bridgehead atoms. The summed E-state index contributed by atoms with van der Waals surface area (Å²) in [5.74, 6) is 0. The van der Waals surface area contributed by atoms with E-state index in [0.717, 1.165) is 5.56 Å². The molecule has 0 aliphatic rings. The van der Waals surface area contributed by atoms with Gasteiger partial charge in [0, 0.05) is 18.8 Å². The van der Waals surface area contributed by atoms with Crippen LogP contribution >= 0.6 is 0 Å². The molecule has 2 N–H and O–H groups in total. The van der Waals surface area contributed by atoms with Gasteiger partial charge in [-0.2, -0.15) is 0 Å². The molecule has 0 aliphatic carbocycles. The van der Waals surface area contributed by atoms with Gasteiger partial charge in [0.1, 0.15) is 5.69 Å². The highest BCUT2D eigenvalue weighted by atomic mass is 16.6. The molecule has 0 unspecified atom stereocenters. The summed E-state index contributed by atoms with van der Waals surface area (Å²) in [6.45, 7) is 1.84. The van der Waals surface area contributed by atoms with Gasteiger partial charge in [0.15, 0.2) is 0 Å². The van der Waals surface area contributed by atoms with Crippen LogP contribution in [0.15, 0.2) is 12.3 Å². The summed E-state index contributed by atoms with van der Waals surface area (Å²) in [6, 6.07) is 1.47. The van der Waals surface area contributed by atoms with Crippen LogP contribution in [-0.4, -0.2) is 9.91 Å². The van der Waals surface area contributed by atoms with Crippen molar-refractivity contribution in [2.24, 2.45) is 5.73 Å². The van der Waals surface area contributed by atoms with E-state index in [2.05, 4.69) is 4.98 Å². The molecule has 5 heteroatoms. The maximum Gasteiger partial charge on any atom is 0.292 e. The minimum Gasteiger partial charge on any atom is -0.325 e. The van der Waals surface area contributed by atoms with Crippen LogP contribution in [0.1, 0.15) is 11.3 Å². The quantitative estimate of drug-likeness (QED) is 0.520. The lowest BCUT2D eigenvalue weighted by molar-refractivity contribution is -0.386. The monoisotopic (exact) mass is 167 g/mol. The molecule has 0 saturated carbocycles. The number of aryl methyl sites for hydroxylation is 1. The predicted molar refractivity (Wildman–Crippen MR) is 43.5 cm³/mol. The summed E-state index contributed by atoms with van der Waals surface area (Å²) in [6.07, 6.45) is 1.56. The Balaban J connectivity index is 3.21. The number of aromatic nitrogens is 1. The van der Waals surface area contributed by atoms with Gasteiger partial charge in [-0.15, -0.1) is 0 Å². The molecule has 64 valence electrons. The van der Waals surface area contributed by atoms with Crippen molar-refractivity contribution in [2.45, 2.75) is 13.5 Å². The Morgan fingerprint density at radius 3 is 2.92 bits per heavy atom. The Morgan fingerprint density at radius 2 is 2.42 bits per heavy atom. The highest BCUT2D eigenvalue weighted by Gasteiger charge is 2.12. The first-order valence-electron chi connectivity index (χ1n) is 3.45. The van der Waals surface area contributed by atoms with Gasteiger partial charge >= 0.3 is 0 Å². The first kappa shape index (κ1) is 8.61. The van der Waals surface area contributed by atoms with E-state index in [-0.39, 0.29) is 12.2 Å². The summed E-state index contributed by atoms with van der Waals surface area (Å²) >= 11 is 0. The lowest BCUT2D eigenvalue weighted by atomic mass is 10.2. The highest BCUT2D eigenvalue weighted by Crippen LogP contribution is 2.16. The van der Waals surface area contributed by atoms with Crippen molar-refractivity contribution in [1.82, 2.24) is 4.98 Å². The van der Waals surface area contributed by atoms with Crippen LogP contribution in [-0.2, 0) is 6.54 Å². The maximum atomic E-state index is 10.4. The lowest BCUT2D eigenvalue weighted by Crippen LogP contribution is -2.04. The largest absolute Gasteiger partial charge is 0.325 e. The van der Waals surface area contributed by atoms with Crippen molar-refractivity contribution in [2.75, 3.05) is 0 Å². The smallest absolute Gasteiger partial charge is 0.292 e. The van der Waals surface area contributed by atoms with Crippen LogP contribution in [0.25, 0.3) is 0 Å². The van der Waals surface area contributed by atoms with Crippen molar-refractivity contribution in [3.8, 4) is 0 Å². The Morgan fingerprint density at radius 1 is 1.75 bits per heavy atom. The summed E-state index contributed by atoms with van der Waals surface area (Å²) in [5.41, 5.74) is 6.36. The Bertz CT molecular complexity index is 312. The lowest BCUT2D eigenvalue weighted by Gasteiger charge is -1.98. The molecule has 0 radical (unpaired) electrons. The molecule has 0 spiro atoms. The fraction of sp³-hybridized carbons (Fsp3) is 0.286. The third-order valence-electron chi connectivity index (χ3n) is 1.47. The van der Waals surface area contributed by atoms with Gasteiger partial charge < -0.3 is 5.73 Å². The number of nitro groups is 1. The van der Waals surface area contributed by atoms with Crippen LogP contribution < -0.4 is 5.73 Å². The normalized spacial score (nSPS) is 9.83. The molecule has 0 fully saturated rings. The van der Waals surface area contributed by atoms with Gasteiger partial charge in [0.25, 0.3) is 5.69 Å². The zero-order valence-electron chi connectivity index (χ0n) is 6.65. The van der Waals surface area contributed by atoms with Crippen molar-refractivity contribution in [3.63, 3.8) is 0 Å². The number of pyridine rings is 1. The van der Waals surface area contributed by atoms with Crippen molar-refractivity contribution in [1.29, 1.82) is 0 Å². The molecule has 1 heterocycles. The fourth-order valence-corrected chi connectivity index (χ4v) is 0.897. The van der Waals surface area contributed by atoms with E-state index >= 15 is 0 Å². The van der Waals surface area contributed by atoms with E-state index in [9.17, 15) is 10.1 Å². The Kier molecular flexibility index (Phi) is 2.35. The average Bonchev–Trinajstić information content (AvgIpc) is 2.04. The van der Waals surface area contributed by atoms with Gasteiger partial charge in [-0.3, -0.25) is 15.1 Å². The highest BCUT2D eigenvalue weighted by molar-refractivity contribution is 5.37. The van der Waals surface area contributed by atoms with Crippen LogP contribution in [0, 0.1) is 17.0 Å². The Hall–Kier alpha value is -1.49. The van der Waals surface area contributed by atoms with Crippen LogP contribution in [0.4, 0.5) is 5.69 Å². The summed E-state index contributed by atoms with van der Waals surface area (Å²) in [5, 5.41) is 10.4. The molecule has 12 heavy (non-hydrogen) atoms. The number of nitrogens with two attached hydrogens (primary N) is 1. The third-order valence-corrected chi connectivity index (χ3v) is 1.47. The van der Waals surface area contributed by atoms with Crippen LogP contribution in [0.3, 0.4) is 0 Å². The second kappa shape index (κ2) is 3.27. The molecule has 1 rings (SSSR count). The summed E-state index contributed by atoms with van der Waals surface area (Å²) < 4.78 is 0. The summed E-state index contributed by atoms with van der Waals surface area (Å²) in [7, 11) is 0. The van der Waals surface area contributed by atoms with Gasteiger partial charge in [0.05, 0.1) is 4.92 Å². The maximum absolute atomic E-state index is 10.4. The van der Waals surface area contributed by atoms with Gasteiger partial charge in [-0.05, 0) is 12.5 Å². The van der Waals surface area contributed by atoms with Crippen LogP contribution in [0.5, 0.6) is 0 Å². The molecule has 5 nitrogen and oxygen atoms in total.